The number of aliphatic hydroxyl groups excluding tert-OH is 2. The summed E-state index contributed by atoms with van der Waals surface area (Å²) in [5.74, 6) is 1.15. The third-order valence-corrected chi connectivity index (χ3v) is 5.40. The van der Waals surface area contributed by atoms with Crippen molar-refractivity contribution in [2.75, 3.05) is 18.1 Å². The molecule has 0 saturated carbocycles. The first kappa shape index (κ1) is 16.6. The fourth-order valence-electron chi connectivity index (χ4n) is 1.84. The first-order valence-electron chi connectivity index (χ1n) is 6.32. The van der Waals surface area contributed by atoms with Crippen LogP contribution >= 0.6 is 23.5 Å². The van der Waals surface area contributed by atoms with Crippen LogP contribution in [-0.4, -0.2) is 57.0 Å². The zero-order valence-corrected chi connectivity index (χ0v) is 13.1. The van der Waals surface area contributed by atoms with E-state index < -0.39 is 24.1 Å². The van der Waals surface area contributed by atoms with Crippen LogP contribution in [0, 0.1) is 0 Å². The van der Waals surface area contributed by atoms with Gasteiger partial charge in [0.15, 0.2) is 5.79 Å². The van der Waals surface area contributed by atoms with E-state index in [4.69, 9.17) is 9.47 Å². The van der Waals surface area contributed by atoms with E-state index in [0.717, 1.165) is 11.5 Å². The van der Waals surface area contributed by atoms with Gasteiger partial charge in [-0.3, -0.25) is 0 Å². The van der Waals surface area contributed by atoms with Crippen molar-refractivity contribution in [1.29, 1.82) is 0 Å². The molecule has 1 fully saturated rings. The minimum Gasteiger partial charge on any atom is -0.388 e. The molecular formula is C12H24O4S2. The summed E-state index contributed by atoms with van der Waals surface area (Å²) in [5.41, 5.74) is 0. The second kappa shape index (κ2) is 7.36. The summed E-state index contributed by atoms with van der Waals surface area (Å²) in [6.45, 7) is 8.04. The maximum absolute atomic E-state index is 10.2. The van der Waals surface area contributed by atoms with Gasteiger partial charge < -0.3 is 19.7 Å². The molecule has 6 heteroatoms. The van der Waals surface area contributed by atoms with Crippen molar-refractivity contribution in [2.45, 2.75) is 56.4 Å². The number of thioether (sulfide) groups is 2. The normalized spacial score (nSPS) is 26.5. The van der Waals surface area contributed by atoms with Crippen molar-refractivity contribution in [1.82, 2.24) is 0 Å². The number of hydrogen-bond donors (Lipinski definition) is 2. The Labute approximate surface area is 118 Å². The van der Waals surface area contributed by atoms with Crippen LogP contribution in [0.25, 0.3) is 0 Å². The highest BCUT2D eigenvalue weighted by Crippen LogP contribution is 2.32. The van der Waals surface area contributed by atoms with Gasteiger partial charge in [0.25, 0.3) is 0 Å². The molecule has 0 radical (unpaired) electrons. The molecule has 0 unspecified atom stereocenters. The third kappa shape index (κ3) is 4.58. The molecule has 0 aromatic carbocycles. The van der Waals surface area contributed by atoms with Crippen LogP contribution in [0.1, 0.15) is 27.7 Å². The molecule has 0 amide bonds. The van der Waals surface area contributed by atoms with E-state index in [2.05, 4.69) is 0 Å². The van der Waals surface area contributed by atoms with Gasteiger partial charge in [0.2, 0.25) is 0 Å². The van der Waals surface area contributed by atoms with Crippen LogP contribution in [0.3, 0.4) is 0 Å². The largest absolute Gasteiger partial charge is 0.388 e. The van der Waals surface area contributed by atoms with Gasteiger partial charge in [-0.05, 0) is 25.4 Å². The summed E-state index contributed by atoms with van der Waals surface area (Å²) in [5, 5.41) is 20.4. The Morgan fingerprint density at radius 1 is 1.22 bits per heavy atom. The number of ether oxygens (including phenoxy) is 2. The van der Waals surface area contributed by atoms with Crippen molar-refractivity contribution >= 4 is 23.5 Å². The fraction of sp³-hybridized carbons (Fsp3) is 1.00. The maximum atomic E-state index is 10.2. The van der Waals surface area contributed by atoms with Gasteiger partial charge in [0.1, 0.15) is 18.3 Å². The standard InChI is InChI=1S/C12H24O4S2/c1-5-17-11(18-6-2)10(14)9(13)8-7-15-12(3,4)16-8/h8-11,13-14H,5-7H2,1-4H3/t8-,9+,10-/m0/s1. The Kier molecular flexibility index (Phi) is 6.78. The van der Waals surface area contributed by atoms with Crippen LogP contribution in [0.4, 0.5) is 0 Å². The Hall–Kier alpha value is 0.540. The van der Waals surface area contributed by atoms with Gasteiger partial charge in [0.05, 0.1) is 11.2 Å². The van der Waals surface area contributed by atoms with Crippen molar-refractivity contribution < 1.29 is 19.7 Å². The lowest BCUT2D eigenvalue weighted by Gasteiger charge is -2.28. The first-order chi connectivity index (χ1) is 8.41. The molecule has 18 heavy (non-hydrogen) atoms. The topological polar surface area (TPSA) is 58.9 Å². The summed E-state index contributed by atoms with van der Waals surface area (Å²) in [7, 11) is 0. The molecule has 4 nitrogen and oxygen atoms in total. The zero-order chi connectivity index (χ0) is 13.8. The molecule has 1 aliphatic heterocycles. The van der Waals surface area contributed by atoms with Crippen LogP contribution in [0.5, 0.6) is 0 Å². The molecule has 0 aromatic heterocycles. The Balaban J connectivity index is 2.55. The minimum atomic E-state index is -0.908. The van der Waals surface area contributed by atoms with Crippen molar-refractivity contribution in [3.8, 4) is 0 Å². The lowest BCUT2D eigenvalue weighted by Crippen LogP contribution is -2.44. The van der Waals surface area contributed by atoms with Gasteiger partial charge in [-0.15, -0.1) is 23.5 Å². The molecule has 1 heterocycles. The highest BCUT2D eigenvalue weighted by atomic mass is 32.2. The van der Waals surface area contributed by atoms with E-state index in [9.17, 15) is 10.2 Å². The smallest absolute Gasteiger partial charge is 0.163 e. The average Bonchev–Trinajstić information content (AvgIpc) is 2.67. The molecular weight excluding hydrogens is 272 g/mol. The van der Waals surface area contributed by atoms with Crippen LogP contribution in [0.15, 0.2) is 0 Å². The molecule has 0 aliphatic carbocycles. The summed E-state index contributed by atoms with van der Waals surface area (Å²) in [4.78, 5) is 0. The minimum absolute atomic E-state index is 0.0256. The van der Waals surface area contributed by atoms with Gasteiger partial charge >= 0.3 is 0 Å². The van der Waals surface area contributed by atoms with E-state index in [1.54, 1.807) is 23.5 Å². The third-order valence-electron chi connectivity index (χ3n) is 2.70. The van der Waals surface area contributed by atoms with Crippen molar-refractivity contribution in [2.24, 2.45) is 0 Å². The van der Waals surface area contributed by atoms with Crippen molar-refractivity contribution in [3.05, 3.63) is 0 Å². The summed E-state index contributed by atoms with van der Waals surface area (Å²) >= 11 is 3.31. The molecule has 2 N–H and O–H groups in total. The quantitative estimate of drug-likeness (QED) is 0.697. The average molecular weight is 296 g/mol. The molecule has 1 aliphatic rings. The summed E-state index contributed by atoms with van der Waals surface area (Å²) < 4.78 is 11.0. The molecule has 3 atom stereocenters. The van der Waals surface area contributed by atoms with Gasteiger partial charge in [-0.1, -0.05) is 13.8 Å². The monoisotopic (exact) mass is 296 g/mol. The number of hydrogen-bond acceptors (Lipinski definition) is 6. The van der Waals surface area contributed by atoms with Gasteiger partial charge in [-0.25, -0.2) is 0 Å². The second-order valence-corrected chi connectivity index (χ2v) is 7.76. The van der Waals surface area contributed by atoms with E-state index in [0.29, 0.717) is 6.61 Å². The van der Waals surface area contributed by atoms with Gasteiger partial charge in [-0.2, -0.15) is 0 Å². The number of aliphatic hydroxyl groups is 2. The number of rotatable bonds is 7. The second-order valence-electron chi connectivity index (χ2n) is 4.63. The maximum Gasteiger partial charge on any atom is 0.163 e. The van der Waals surface area contributed by atoms with E-state index >= 15 is 0 Å². The van der Waals surface area contributed by atoms with Crippen molar-refractivity contribution in [3.63, 3.8) is 0 Å². The van der Waals surface area contributed by atoms with Crippen LogP contribution in [0.2, 0.25) is 0 Å². The van der Waals surface area contributed by atoms with Gasteiger partial charge in [0, 0.05) is 0 Å². The van der Waals surface area contributed by atoms with Crippen LogP contribution < -0.4 is 0 Å². The molecule has 0 bridgehead atoms. The fourth-order valence-corrected chi connectivity index (χ4v) is 4.41. The zero-order valence-electron chi connectivity index (χ0n) is 11.5. The predicted octanol–water partition coefficient (Wildman–Crippen LogP) is 1.69. The van der Waals surface area contributed by atoms with E-state index in [1.807, 2.05) is 27.7 Å². The lowest BCUT2D eigenvalue weighted by atomic mass is 10.1. The SMILES string of the molecule is CCSC(SCC)[C@@H](O)[C@H](O)[C@@H]1COC(C)(C)O1. The van der Waals surface area contributed by atoms with E-state index in [-0.39, 0.29) is 4.58 Å². The molecule has 108 valence electrons. The highest BCUT2D eigenvalue weighted by molar-refractivity contribution is 8.17. The highest BCUT2D eigenvalue weighted by Gasteiger charge is 2.41. The Morgan fingerprint density at radius 2 is 1.78 bits per heavy atom. The van der Waals surface area contributed by atoms with E-state index in [1.165, 1.54) is 0 Å². The first-order valence-corrected chi connectivity index (χ1v) is 8.42. The molecule has 1 saturated heterocycles. The Morgan fingerprint density at radius 3 is 2.17 bits per heavy atom. The summed E-state index contributed by atoms with van der Waals surface area (Å²) in [6, 6.07) is 0. The molecule has 0 aromatic rings. The Bertz CT molecular complexity index is 238. The predicted molar refractivity (Wildman–Crippen MR) is 77.0 cm³/mol. The lowest BCUT2D eigenvalue weighted by molar-refractivity contribution is -0.159. The summed E-state index contributed by atoms with van der Waals surface area (Å²) in [6.07, 6.45) is -2.16. The molecule has 0 spiro atoms. The van der Waals surface area contributed by atoms with Crippen LogP contribution in [-0.2, 0) is 9.47 Å². The molecule has 1 rings (SSSR count).